The summed E-state index contributed by atoms with van der Waals surface area (Å²) in [6.07, 6.45) is 7.00. The molecule has 4 rings (SSSR count). The molecule has 6 heteroatoms. The minimum absolute atomic E-state index is 0.0673. The van der Waals surface area contributed by atoms with Gasteiger partial charge in [0.25, 0.3) is 0 Å². The molecule has 0 spiro atoms. The Hall–Kier alpha value is -2.83. The van der Waals surface area contributed by atoms with Crippen LogP contribution in [0, 0.1) is 11.6 Å². The van der Waals surface area contributed by atoms with Crippen molar-refractivity contribution < 1.29 is 22.8 Å². The second-order valence-corrected chi connectivity index (χ2v) is 8.79. The number of carbonyl (C=O) groups excluding carboxylic acids is 1. The molecule has 2 amide bonds. The first-order valence-corrected chi connectivity index (χ1v) is 11.3. The van der Waals surface area contributed by atoms with Gasteiger partial charge in [0.1, 0.15) is 31.3 Å². The van der Waals surface area contributed by atoms with Gasteiger partial charge in [-0.15, -0.1) is 0 Å². The van der Waals surface area contributed by atoms with Crippen molar-refractivity contribution in [2.24, 2.45) is 0 Å². The summed E-state index contributed by atoms with van der Waals surface area (Å²) >= 11 is 0. The standard InChI is InChI=1S/C26H30F2N3O/c1-3-14-30(15-8-5-9-16-30)31(26(32)29-2)19-21(23-18-22(27)12-13-24(23)28)17-25(31)20-10-6-4-7-11-20/h3-4,6-7,10-13,17-18,25H,1,5,8-9,14-16,19H2,2H3/q+1/p+1/t25-,31?/m0/s1. The van der Waals surface area contributed by atoms with Gasteiger partial charge in [0.15, 0.2) is 12.6 Å². The molecule has 0 radical (unpaired) electrons. The Balaban J connectivity index is 1.96. The van der Waals surface area contributed by atoms with Gasteiger partial charge >= 0.3 is 6.03 Å². The SMILES string of the molecule is C=CC[N+]1([N+]2(C(=O)NC)CC(c3cc(F)ccc3F)=C[C@H]2c2ccccc2)CCCCC1. The number of hydrogen-bond donors (Lipinski definition) is 1. The summed E-state index contributed by atoms with van der Waals surface area (Å²) in [5.41, 5.74) is 1.87. The van der Waals surface area contributed by atoms with E-state index in [0.717, 1.165) is 50.0 Å². The highest BCUT2D eigenvalue weighted by atomic mass is 19.1. The molecule has 168 valence electrons. The molecule has 2 aliphatic rings. The summed E-state index contributed by atoms with van der Waals surface area (Å²) in [4.78, 5) is 13.8. The van der Waals surface area contributed by atoms with E-state index in [9.17, 15) is 13.6 Å². The minimum Gasteiger partial charge on any atom is -0.304 e. The molecule has 0 aromatic heterocycles. The van der Waals surface area contributed by atoms with Gasteiger partial charge in [-0.25, -0.2) is 13.6 Å². The van der Waals surface area contributed by atoms with Crippen molar-refractivity contribution in [1.29, 1.82) is 0 Å². The number of rotatable bonds is 5. The van der Waals surface area contributed by atoms with E-state index in [1.165, 1.54) is 6.07 Å². The van der Waals surface area contributed by atoms with Crippen LogP contribution in [0.5, 0.6) is 0 Å². The van der Waals surface area contributed by atoms with Crippen molar-refractivity contribution in [3.05, 3.63) is 90.0 Å². The van der Waals surface area contributed by atoms with Crippen LogP contribution in [0.2, 0.25) is 0 Å². The monoisotopic (exact) mass is 439 g/mol. The van der Waals surface area contributed by atoms with E-state index < -0.39 is 11.6 Å². The second-order valence-electron chi connectivity index (χ2n) is 8.79. The molecule has 32 heavy (non-hydrogen) atoms. The lowest BCUT2D eigenvalue weighted by molar-refractivity contribution is -1.46. The van der Waals surface area contributed by atoms with Crippen molar-refractivity contribution in [3.63, 3.8) is 0 Å². The molecule has 1 saturated heterocycles. The number of benzene rings is 2. The van der Waals surface area contributed by atoms with Crippen LogP contribution >= 0.6 is 0 Å². The molecule has 1 fully saturated rings. The van der Waals surface area contributed by atoms with Gasteiger partial charge in [0.05, 0.1) is 0 Å². The molecule has 2 aliphatic heterocycles. The van der Waals surface area contributed by atoms with E-state index in [4.69, 9.17) is 0 Å². The minimum atomic E-state index is -0.489. The highest BCUT2D eigenvalue weighted by Gasteiger charge is 2.63. The highest BCUT2D eigenvalue weighted by Crippen LogP contribution is 2.48. The predicted molar refractivity (Wildman–Crippen MR) is 122 cm³/mol. The Morgan fingerprint density at radius 2 is 1.84 bits per heavy atom. The van der Waals surface area contributed by atoms with Crippen LogP contribution in [0.3, 0.4) is 0 Å². The zero-order valence-corrected chi connectivity index (χ0v) is 18.6. The third-order valence-electron chi connectivity index (χ3n) is 7.09. The maximum absolute atomic E-state index is 14.8. The van der Waals surface area contributed by atoms with Crippen LogP contribution in [0.4, 0.5) is 13.6 Å². The van der Waals surface area contributed by atoms with Gasteiger partial charge < -0.3 is 5.32 Å². The summed E-state index contributed by atoms with van der Waals surface area (Å²) in [5.74, 6) is -0.966. The molecular weight excluding hydrogens is 408 g/mol. The molecule has 1 N–H and O–H groups in total. The lowest BCUT2D eigenvalue weighted by Crippen LogP contribution is -2.77. The van der Waals surface area contributed by atoms with Gasteiger partial charge in [-0.05, 0) is 36.8 Å². The molecule has 2 heterocycles. The molecule has 0 bridgehead atoms. The molecule has 1 unspecified atom stereocenters. The lowest BCUT2D eigenvalue weighted by Gasteiger charge is -2.53. The molecule has 0 saturated carbocycles. The van der Waals surface area contributed by atoms with Crippen LogP contribution in [-0.4, -0.2) is 48.4 Å². The fraction of sp³-hybridized carbons (Fsp3) is 0.346. The van der Waals surface area contributed by atoms with E-state index >= 15 is 0 Å². The summed E-state index contributed by atoms with van der Waals surface area (Å²) in [6.45, 7) is 6.58. The number of likely N-dealkylation sites (tertiary alicyclic amines) is 1. The molecular formula is C26H31F2N3O+2. The van der Waals surface area contributed by atoms with E-state index in [2.05, 4.69) is 11.9 Å². The van der Waals surface area contributed by atoms with Gasteiger partial charge in [-0.2, -0.15) is 4.59 Å². The van der Waals surface area contributed by atoms with Gasteiger partial charge in [-0.1, -0.05) is 41.5 Å². The normalized spacial score (nSPS) is 24.6. The number of quaternary nitrogens is 2. The summed E-state index contributed by atoms with van der Waals surface area (Å²) in [6, 6.07) is 12.9. The second kappa shape index (κ2) is 8.96. The Kier molecular flexibility index (Phi) is 6.26. The van der Waals surface area contributed by atoms with Crippen molar-refractivity contribution in [3.8, 4) is 0 Å². The van der Waals surface area contributed by atoms with Crippen molar-refractivity contribution in [2.75, 3.05) is 33.2 Å². The largest absolute Gasteiger partial charge is 0.465 e. The smallest absolute Gasteiger partial charge is 0.304 e. The number of nitrogens with zero attached hydrogens (tertiary/aromatic N) is 2. The Morgan fingerprint density at radius 1 is 1.12 bits per heavy atom. The van der Waals surface area contributed by atoms with E-state index in [1.54, 1.807) is 7.05 Å². The molecule has 2 atom stereocenters. The average Bonchev–Trinajstić information content (AvgIpc) is 3.24. The molecule has 2 aromatic rings. The topological polar surface area (TPSA) is 29.1 Å². The van der Waals surface area contributed by atoms with E-state index in [0.29, 0.717) is 16.7 Å². The van der Waals surface area contributed by atoms with Gasteiger partial charge in [-0.3, -0.25) is 0 Å². The summed E-state index contributed by atoms with van der Waals surface area (Å²) in [7, 11) is 1.65. The molecule has 0 aliphatic carbocycles. The third kappa shape index (κ3) is 3.57. The Bertz CT molecular complexity index is 1030. The summed E-state index contributed by atoms with van der Waals surface area (Å²) in [5, 5.41) is 2.91. The van der Waals surface area contributed by atoms with Gasteiger partial charge in [0, 0.05) is 36.6 Å². The number of piperidine rings is 1. The van der Waals surface area contributed by atoms with Crippen LogP contribution < -0.4 is 5.32 Å². The lowest BCUT2D eigenvalue weighted by atomic mass is 10.0. The number of carbonyl (C=O) groups is 1. The van der Waals surface area contributed by atoms with Crippen LogP contribution in [0.25, 0.3) is 5.57 Å². The first-order valence-electron chi connectivity index (χ1n) is 11.3. The zero-order chi connectivity index (χ0) is 22.8. The Labute approximate surface area is 188 Å². The highest BCUT2D eigenvalue weighted by molar-refractivity contribution is 5.75. The summed E-state index contributed by atoms with van der Waals surface area (Å²) < 4.78 is 29.5. The first kappa shape index (κ1) is 22.4. The van der Waals surface area contributed by atoms with Crippen molar-refractivity contribution in [2.45, 2.75) is 25.3 Å². The van der Waals surface area contributed by atoms with Gasteiger partial charge in [0.2, 0.25) is 0 Å². The fourth-order valence-electron chi connectivity index (χ4n) is 5.66. The van der Waals surface area contributed by atoms with Crippen LogP contribution in [-0.2, 0) is 0 Å². The van der Waals surface area contributed by atoms with E-state index in [1.807, 2.05) is 42.5 Å². The first-order chi connectivity index (χ1) is 15.5. The number of urea groups is 1. The Morgan fingerprint density at radius 3 is 2.50 bits per heavy atom. The molecule has 2 aromatic carbocycles. The number of hydrogen-bond acceptors (Lipinski definition) is 1. The van der Waals surface area contributed by atoms with Crippen molar-refractivity contribution in [1.82, 2.24) is 5.32 Å². The van der Waals surface area contributed by atoms with Crippen LogP contribution in [0.15, 0.2) is 67.3 Å². The molecule has 4 nitrogen and oxygen atoms in total. The fourth-order valence-corrected chi connectivity index (χ4v) is 5.66. The third-order valence-corrected chi connectivity index (χ3v) is 7.09. The van der Waals surface area contributed by atoms with Crippen molar-refractivity contribution >= 4 is 11.6 Å². The number of nitrogens with one attached hydrogen (secondary N) is 1. The number of amides is 2. The zero-order valence-electron chi connectivity index (χ0n) is 18.6. The van der Waals surface area contributed by atoms with E-state index in [-0.39, 0.29) is 28.8 Å². The maximum Gasteiger partial charge on any atom is 0.465 e. The average molecular weight is 440 g/mol. The maximum atomic E-state index is 14.8. The number of halogens is 2. The van der Waals surface area contributed by atoms with Crippen LogP contribution in [0.1, 0.15) is 36.4 Å². The quantitative estimate of drug-likeness (QED) is 0.493. The predicted octanol–water partition coefficient (Wildman–Crippen LogP) is 5.36.